The first kappa shape index (κ1) is 17.7. The lowest BCUT2D eigenvalue weighted by Crippen LogP contribution is -2.07. The van der Waals surface area contributed by atoms with Crippen LogP contribution >= 0.6 is 0 Å². The van der Waals surface area contributed by atoms with Gasteiger partial charge in [-0.05, 0) is 61.0 Å². The van der Waals surface area contributed by atoms with E-state index in [4.69, 9.17) is 0 Å². The molecule has 140 valence electrons. The number of fused-ring (bicyclic) bond motifs is 1. The zero-order valence-electron chi connectivity index (χ0n) is 15.2. The molecule has 0 spiro atoms. The van der Waals surface area contributed by atoms with Crippen LogP contribution in [0.25, 0.3) is 5.57 Å². The largest absolute Gasteiger partial charge is 0.378 e. The van der Waals surface area contributed by atoms with Crippen molar-refractivity contribution in [1.82, 2.24) is 4.98 Å². The number of hydrogen-bond donors (Lipinski definition) is 3. The molecule has 2 heterocycles. The molecule has 0 bridgehead atoms. The van der Waals surface area contributed by atoms with Gasteiger partial charge in [0.1, 0.15) is 5.82 Å². The standard InChI is InChI=1S/C22H19FN4O/c1-14(15-3-2-10-24-12-15)26-18-7-5-17(6-8-18)25-13-20-19-11-16(23)4-9-21(19)27-22(20)28/h2-14,25-26H,1H3,(H,27,28)/b20-13-. The van der Waals surface area contributed by atoms with Gasteiger partial charge in [0.25, 0.3) is 5.91 Å². The van der Waals surface area contributed by atoms with Crippen molar-refractivity contribution in [2.24, 2.45) is 0 Å². The van der Waals surface area contributed by atoms with E-state index >= 15 is 0 Å². The summed E-state index contributed by atoms with van der Waals surface area (Å²) in [6, 6.07) is 16.0. The van der Waals surface area contributed by atoms with Crippen molar-refractivity contribution < 1.29 is 9.18 Å². The van der Waals surface area contributed by atoms with E-state index in [1.54, 1.807) is 18.5 Å². The van der Waals surface area contributed by atoms with Gasteiger partial charge in [-0.2, -0.15) is 0 Å². The third kappa shape index (κ3) is 3.71. The SMILES string of the molecule is CC(Nc1ccc(N/C=C2\C(=O)Nc3ccc(F)cc32)cc1)c1cccnc1. The number of anilines is 3. The van der Waals surface area contributed by atoms with Gasteiger partial charge in [-0.3, -0.25) is 9.78 Å². The molecule has 5 nitrogen and oxygen atoms in total. The van der Waals surface area contributed by atoms with Gasteiger partial charge < -0.3 is 16.0 Å². The van der Waals surface area contributed by atoms with Crippen molar-refractivity contribution >= 4 is 28.5 Å². The fourth-order valence-corrected chi connectivity index (χ4v) is 3.09. The number of amides is 1. The summed E-state index contributed by atoms with van der Waals surface area (Å²) in [6.45, 7) is 2.07. The molecule has 1 aliphatic rings. The highest BCUT2D eigenvalue weighted by Crippen LogP contribution is 2.32. The molecule has 2 aromatic carbocycles. The van der Waals surface area contributed by atoms with E-state index in [2.05, 4.69) is 27.9 Å². The van der Waals surface area contributed by atoms with Gasteiger partial charge >= 0.3 is 0 Å². The number of carbonyl (C=O) groups is 1. The van der Waals surface area contributed by atoms with Gasteiger partial charge in [-0.1, -0.05) is 6.07 Å². The predicted octanol–water partition coefficient (Wildman–Crippen LogP) is 4.80. The Labute approximate surface area is 162 Å². The molecule has 28 heavy (non-hydrogen) atoms. The van der Waals surface area contributed by atoms with Crippen molar-refractivity contribution in [2.75, 3.05) is 16.0 Å². The Balaban J connectivity index is 1.45. The molecule has 0 fully saturated rings. The zero-order chi connectivity index (χ0) is 19.5. The minimum absolute atomic E-state index is 0.128. The molecule has 3 N–H and O–H groups in total. The number of hydrogen-bond acceptors (Lipinski definition) is 4. The Bertz CT molecular complexity index is 1030. The molecule has 1 aliphatic heterocycles. The van der Waals surface area contributed by atoms with Crippen LogP contribution in [0.2, 0.25) is 0 Å². The number of rotatable bonds is 5. The summed E-state index contributed by atoms with van der Waals surface area (Å²) in [5.41, 5.74) is 4.48. The highest BCUT2D eigenvalue weighted by Gasteiger charge is 2.24. The van der Waals surface area contributed by atoms with Crippen molar-refractivity contribution in [3.8, 4) is 0 Å². The topological polar surface area (TPSA) is 66.0 Å². The van der Waals surface area contributed by atoms with Gasteiger partial charge in [-0.15, -0.1) is 0 Å². The van der Waals surface area contributed by atoms with Crippen LogP contribution in [0.3, 0.4) is 0 Å². The highest BCUT2D eigenvalue weighted by molar-refractivity contribution is 6.31. The van der Waals surface area contributed by atoms with Crippen molar-refractivity contribution in [2.45, 2.75) is 13.0 Å². The number of nitrogens with zero attached hydrogens (tertiary/aromatic N) is 1. The molecule has 1 amide bonds. The van der Waals surface area contributed by atoms with Crippen LogP contribution in [0, 0.1) is 5.82 Å². The molecule has 0 radical (unpaired) electrons. The molecule has 3 aromatic rings. The quantitative estimate of drug-likeness (QED) is 0.561. The Morgan fingerprint density at radius 3 is 2.64 bits per heavy atom. The maximum atomic E-state index is 13.5. The summed E-state index contributed by atoms with van der Waals surface area (Å²) in [4.78, 5) is 16.3. The van der Waals surface area contributed by atoms with Crippen LogP contribution in [-0.2, 0) is 4.79 Å². The fourth-order valence-electron chi connectivity index (χ4n) is 3.09. The number of benzene rings is 2. The van der Waals surface area contributed by atoms with E-state index in [0.717, 1.165) is 16.9 Å². The van der Waals surface area contributed by atoms with Crippen LogP contribution in [0.1, 0.15) is 24.1 Å². The normalized spacial score (nSPS) is 15.1. The van der Waals surface area contributed by atoms with Crippen molar-refractivity contribution in [3.05, 3.63) is 90.1 Å². The highest BCUT2D eigenvalue weighted by atomic mass is 19.1. The summed E-state index contributed by atoms with van der Waals surface area (Å²) in [5.74, 6) is -0.629. The summed E-state index contributed by atoms with van der Waals surface area (Å²) in [5, 5.41) is 9.25. The fraction of sp³-hybridized carbons (Fsp3) is 0.0909. The Morgan fingerprint density at radius 1 is 1.11 bits per heavy atom. The molecule has 0 saturated carbocycles. The molecular formula is C22H19FN4O. The third-order valence-corrected chi connectivity index (χ3v) is 4.60. The van der Waals surface area contributed by atoms with E-state index in [0.29, 0.717) is 16.8 Å². The van der Waals surface area contributed by atoms with Gasteiger partial charge in [0.05, 0.1) is 11.6 Å². The number of halogens is 1. The molecule has 1 aromatic heterocycles. The minimum Gasteiger partial charge on any atom is -0.378 e. The first-order valence-corrected chi connectivity index (χ1v) is 8.94. The molecule has 6 heteroatoms. The van der Waals surface area contributed by atoms with Crippen LogP contribution in [0.4, 0.5) is 21.5 Å². The Morgan fingerprint density at radius 2 is 1.89 bits per heavy atom. The van der Waals surface area contributed by atoms with Crippen LogP contribution in [0.5, 0.6) is 0 Å². The van der Waals surface area contributed by atoms with E-state index in [-0.39, 0.29) is 17.8 Å². The second-order valence-electron chi connectivity index (χ2n) is 6.58. The Hall–Kier alpha value is -3.67. The number of carbonyl (C=O) groups excluding carboxylic acids is 1. The zero-order valence-corrected chi connectivity index (χ0v) is 15.2. The average molecular weight is 374 g/mol. The maximum absolute atomic E-state index is 13.5. The average Bonchev–Trinajstić information content (AvgIpc) is 3.02. The van der Waals surface area contributed by atoms with Gasteiger partial charge in [0.2, 0.25) is 0 Å². The Kier molecular flexibility index (Phi) is 4.76. The molecule has 0 saturated heterocycles. The lowest BCUT2D eigenvalue weighted by molar-refractivity contribution is -0.110. The van der Waals surface area contributed by atoms with Gasteiger partial charge in [0.15, 0.2) is 0 Å². The summed E-state index contributed by atoms with van der Waals surface area (Å²) < 4.78 is 13.5. The van der Waals surface area contributed by atoms with Crippen molar-refractivity contribution in [1.29, 1.82) is 0 Å². The number of nitrogens with one attached hydrogen (secondary N) is 3. The lowest BCUT2D eigenvalue weighted by atomic mass is 10.1. The first-order chi connectivity index (χ1) is 13.6. The predicted molar refractivity (Wildman–Crippen MR) is 109 cm³/mol. The second kappa shape index (κ2) is 7.52. The molecule has 4 rings (SSSR count). The lowest BCUT2D eigenvalue weighted by Gasteiger charge is -2.15. The van der Waals surface area contributed by atoms with Crippen LogP contribution in [-0.4, -0.2) is 10.9 Å². The van der Waals surface area contributed by atoms with Crippen LogP contribution < -0.4 is 16.0 Å². The molecular weight excluding hydrogens is 355 g/mol. The summed E-state index contributed by atoms with van der Waals surface area (Å²) in [6.07, 6.45) is 5.19. The number of pyridine rings is 1. The van der Waals surface area contributed by atoms with Crippen LogP contribution in [0.15, 0.2) is 73.2 Å². The monoisotopic (exact) mass is 374 g/mol. The van der Waals surface area contributed by atoms with Gasteiger partial charge in [-0.25, -0.2) is 4.39 Å². The van der Waals surface area contributed by atoms with E-state index in [9.17, 15) is 9.18 Å². The molecule has 1 unspecified atom stereocenters. The van der Waals surface area contributed by atoms with E-state index in [1.807, 2.05) is 42.6 Å². The molecule has 0 aliphatic carbocycles. The van der Waals surface area contributed by atoms with E-state index in [1.165, 1.54) is 12.1 Å². The first-order valence-electron chi connectivity index (χ1n) is 8.94. The van der Waals surface area contributed by atoms with Gasteiger partial charge in [0, 0.05) is 41.2 Å². The summed E-state index contributed by atoms with van der Waals surface area (Å²) >= 11 is 0. The third-order valence-electron chi connectivity index (χ3n) is 4.60. The minimum atomic E-state index is -0.376. The van der Waals surface area contributed by atoms with Crippen molar-refractivity contribution in [3.63, 3.8) is 0 Å². The molecule has 1 atom stereocenters. The van der Waals surface area contributed by atoms with E-state index < -0.39 is 0 Å². The summed E-state index contributed by atoms with van der Waals surface area (Å²) in [7, 11) is 0. The number of aromatic nitrogens is 1. The second-order valence-corrected chi connectivity index (χ2v) is 6.58. The smallest absolute Gasteiger partial charge is 0.257 e. The maximum Gasteiger partial charge on any atom is 0.257 e.